The molecule has 0 saturated carbocycles. The quantitative estimate of drug-likeness (QED) is 0.686. The largest absolute Gasteiger partial charge is 0.369 e. The van der Waals surface area contributed by atoms with Crippen molar-refractivity contribution < 1.29 is 0 Å². The number of anilines is 1. The average Bonchev–Trinajstić information content (AvgIpc) is 2.72. The summed E-state index contributed by atoms with van der Waals surface area (Å²) >= 11 is 4.46. The van der Waals surface area contributed by atoms with Gasteiger partial charge in [0.25, 0.3) is 0 Å². The standard InChI is InChI=1S/C15H15N3S/c1-10-2-3-13-14(6-10)18-5-4-11(7-15(18)16-13)17-8-12(19)9-17/h2-7,12,19H,8-9H2,1H3. The molecule has 1 saturated heterocycles. The third kappa shape index (κ3) is 1.70. The van der Waals surface area contributed by atoms with E-state index in [1.54, 1.807) is 0 Å². The summed E-state index contributed by atoms with van der Waals surface area (Å²) < 4.78 is 2.16. The van der Waals surface area contributed by atoms with Gasteiger partial charge in [-0.15, -0.1) is 0 Å². The maximum absolute atomic E-state index is 4.69. The van der Waals surface area contributed by atoms with Crippen molar-refractivity contribution in [3.8, 4) is 0 Å². The van der Waals surface area contributed by atoms with Gasteiger partial charge in [0, 0.05) is 36.3 Å². The van der Waals surface area contributed by atoms with E-state index in [4.69, 9.17) is 4.98 Å². The number of hydrogen-bond donors (Lipinski definition) is 1. The van der Waals surface area contributed by atoms with Crippen LogP contribution in [0.2, 0.25) is 0 Å². The van der Waals surface area contributed by atoms with Gasteiger partial charge in [0.15, 0.2) is 0 Å². The third-order valence-electron chi connectivity index (χ3n) is 3.77. The maximum atomic E-state index is 4.69. The molecule has 3 heterocycles. The van der Waals surface area contributed by atoms with E-state index in [1.807, 2.05) is 0 Å². The van der Waals surface area contributed by atoms with Crippen LogP contribution in [0.15, 0.2) is 36.5 Å². The molecule has 2 aromatic heterocycles. The molecule has 0 N–H and O–H groups in total. The highest BCUT2D eigenvalue weighted by atomic mass is 32.1. The Morgan fingerprint density at radius 1 is 1.21 bits per heavy atom. The number of thiol groups is 1. The molecule has 96 valence electrons. The monoisotopic (exact) mass is 269 g/mol. The summed E-state index contributed by atoms with van der Waals surface area (Å²) in [7, 11) is 0. The van der Waals surface area contributed by atoms with Gasteiger partial charge in [0.2, 0.25) is 0 Å². The summed E-state index contributed by atoms with van der Waals surface area (Å²) in [4.78, 5) is 7.03. The second-order valence-electron chi connectivity index (χ2n) is 5.28. The van der Waals surface area contributed by atoms with Crippen LogP contribution in [0.5, 0.6) is 0 Å². The van der Waals surface area contributed by atoms with Crippen molar-refractivity contribution in [2.75, 3.05) is 18.0 Å². The Kier molecular flexibility index (Phi) is 2.30. The molecule has 3 nitrogen and oxygen atoms in total. The van der Waals surface area contributed by atoms with Crippen molar-refractivity contribution in [1.29, 1.82) is 0 Å². The van der Waals surface area contributed by atoms with E-state index in [1.165, 1.54) is 16.8 Å². The van der Waals surface area contributed by atoms with E-state index >= 15 is 0 Å². The van der Waals surface area contributed by atoms with Gasteiger partial charge in [-0.05, 0) is 30.7 Å². The van der Waals surface area contributed by atoms with Crippen LogP contribution in [0, 0.1) is 6.92 Å². The normalized spacial score (nSPS) is 16.2. The SMILES string of the molecule is Cc1ccc2nc3cc(N4CC(S)C4)ccn3c2c1. The maximum Gasteiger partial charge on any atom is 0.139 e. The minimum Gasteiger partial charge on any atom is -0.369 e. The second kappa shape index (κ2) is 3.90. The zero-order valence-electron chi connectivity index (χ0n) is 10.7. The molecular weight excluding hydrogens is 254 g/mol. The first-order valence-electron chi connectivity index (χ1n) is 6.52. The third-order valence-corrected chi connectivity index (χ3v) is 4.10. The van der Waals surface area contributed by atoms with Crippen LogP contribution in [0.25, 0.3) is 16.7 Å². The molecule has 0 bridgehead atoms. The molecule has 0 radical (unpaired) electrons. The fraction of sp³-hybridized carbons (Fsp3) is 0.267. The summed E-state index contributed by atoms with van der Waals surface area (Å²) in [5, 5.41) is 0.512. The lowest BCUT2D eigenvalue weighted by Crippen LogP contribution is -2.47. The van der Waals surface area contributed by atoms with E-state index in [0.29, 0.717) is 5.25 Å². The lowest BCUT2D eigenvalue weighted by molar-refractivity contribution is 0.638. The number of hydrogen-bond acceptors (Lipinski definition) is 3. The molecule has 3 aromatic rings. The Morgan fingerprint density at radius 3 is 2.84 bits per heavy atom. The fourth-order valence-corrected chi connectivity index (χ4v) is 3.07. The van der Waals surface area contributed by atoms with Gasteiger partial charge >= 0.3 is 0 Å². The number of rotatable bonds is 1. The highest BCUT2D eigenvalue weighted by Gasteiger charge is 2.23. The van der Waals surface area contributed by atoms with Crippen molar-refractivity contribution >= 4 is 35.0 Å². The summed E-state index contributed by atoms with van der Waals surface area (Å²) in [6, 6.07) is 10.7. The van der Waals surface area contributed by atoms with Gasteiger partial charge in [0.05, 0.1) is 11.0 Å². The molecule has 1 aromatic carbocycles. The summed E-state index contributed by atoms with van der Waals surface area (Å²) in [5.41, 5.74) is 5.75. The lowest BCUT2D eigenvalue weighted by Gasteiger charge is -2.38. The van der Waals surface area contributed by atoms with Gasteiger partial charge in [-0.25, -0.2) is 4.98 Å². The molecule has 1 aliphatic rings. The van der Waals surface area contributed by atoms with Gasteiger partial charge in [-0.3, -0.25) is 4.40 Å². The van der Waals surface area contributed by atoms with E-state index in [2.05, 4.69) is 65.4 Å². The number of benzene rings is 1. The molecule has 4 rings (SSSR count). The summed E-state index contributed by atoms with van der Waals surface area (Å²) in [6.45, 7) is 4.16. The first-order valence-corrected chi connectivity index (χ1v) is 7.04. The molecule has 0 amide bonds. The number of fused-ring (bicyclic) bond motifs is 3. The van der Waals surface area contributed by atoms with Crippen LogP contribution in [0.3, 0.4) is 0 Å². The van der Waals surface area contributed by atoms with E-state index in [-0.39, 0.29) is 0 Å². The number of aryl methyl sites for hydroxylation is 1. The molecule has 1 aliphatic heterocycles. The van der Waals surface area contributed by atoms with Gasteiger partial charge in [-0.1, -0.05) is 6.07 Å². The van der Waals surface area contributed by atoms with Gasteiger partial charge in [0.1, 0.15) is 5.65 Å². The molecule has 0 unspecified atom stereocenters. The van der Waals surface area contributed by atoms with Crippen LogP contribution in [-0.2, 0) is 0 Å². The van der Waals surface area contributed by atoms with Crippen molar-refractivity contribution in [2.24, 2.45) is 0 Å². The number of pyridine rings is 1. The van der Waals surface area contributed by atoms with E-state index < -0.39 is 0 Å². The van der Waals surface area contributed by atoms with Crippen LogP contribution < -0.4 is 4.90 Å². The van der Waals surface area contributed by atoms with Crippen LogP contribution in [-0.4, -0.2) is 27.7 Å². The molecule has 1 fully saturated rings. The Bertz CT molecular complexity index is 772. The average molecular weight is 269 g/mol. The zero-order chi connectivity index (χ0) is 13.0. The predicted molar refractivity (Wildman–Crippen MR) is 82.4 cm³/mol. The van der Waals surface area contributed by atoms with Crippen LogP contribution in [0.4, 0.5) is 5.69 Å². The Labute approximate surface area is 117 Å². The van der Waals surface area contributed by atoms with Crippen molar-refractivity contribution in [3.63, 3.8) is 0 Å². The predicted octanol–water partition coefficient (Wildman–Crippen LogP) is 2.91. The Morgan fingerprint density at radius 2 is 2.05 bits per heavy atom. The van der Waals surface area contributed by atoms with Gasteiger partial charge in [-0.2, -0.15) is 12.6 Å². The first kappa shape index (κ1) is 11.2. The minimum absolute atomic E-state index is 0.512. The molecule has 0 aliphatic carbocycles. The van der Waals surface area contributed by atoms with E-state index in [9.17, 15) is 0 Å². The highest BCUT2D eigenvalue weighted by Crippen LogP contribution is 2.26. The first-order chi connectivity index (χ1) is 9.20. The molecule has 4 heteroatoms. The molecule has 0 spiro atoms. The van der Waals surface area contributed by atoms with Gasteiger partial charge < -0.3 is 4.90 Å². The fourth-order valence-electron chi connectivity index (χ4n) is 2.67. The summed E-state index contributed by atoms with van der Waals surface area (Å²) in [5.74, 6) is 0. The molecule has 0 atom stereocenters. The molecular formula is C15H15N3S. The number of aromatic nitrogens is 2. The minimum atomic E-state index is 0.512. The topological polar surface area (TPSA) is 20.5 Å². The Hall–Kier alpha value is -1.68. The van der Waals surface area contributed by atoms with Crippen molar-refractivity contribution in [2.45, 2.75) is 12.2 Å². The second-order valence-corrected chi connectivity index (χ2v) is 6.01. The van der Waals surface area contributed by atoms with Crippen LogP contribution in [0.1, 0.15) is 5.56 Å². The zero-order valence-corrected chi connectivity index (χ0v) is 11.6. The van der Waals surface area contributed by atoms with Crippen LogP contribution >= 0.6 is 12.6 Å². The Balaban J connectivity index is 1.87. The molecule has 19 heavy (non-hydrogen) atoms. The smallest absolute Gasteiger partial charge is 0.139 e. The number of nitrogens with zero attached hydrogens (tertiary/aromatic N) is 3. The lowest BCUT2D eigenvalue weighted by atomic mass is 10.2. The highest BCUT2D eigenvalue weighted by molar-refractivity contribution is 7.81. The van der Waals surface area contributed by atoms with E-state index in [0.717, 1.165) is 24.3 Å². The number of imidazole rings is 1. The summed E-state index contributed by atoms with van der Waals surface area (Å²) in [6.07, 6.45) is 2.12. The van der Waals surface area contributed by atoms with Crippen molar-refractivity contribution in [3.05, 3.63) is 42.1 Å². The van der Waals surface area contributed by atoms with Crippen molar-refractivity contribution in [1.82, 2.24) is 9.38 Å².